The fourth-order valence-electron chi connectivity index (χ4n) is 2.11. The number of aromatic amines is 1. The Morgan fingerprint density at radius 1 is 1.11 bits per heavy atom. The molecule has 0 unspecified atom stereocenters. The molecule has 2 aromatic heterocycles. The van der Waals surface area contributed by atoms with E-state index in [1.807, 2.05) is 38.1 Å². The molecule has 0 bridgehead atoms. The van der Waals surface area contributed by atoms with Gasteiger partial charge in [-0.1, -0.05) is 24.3 Å². The first-order valence-electron chi connectivity index (χ1n) is 6.07. The molecule has 0 saturated carbocycles. The summed E-state index contributed by atoms with van der Waals surface area (Å²) < 4.78 is 0. The second-order valence-electron chi connectivity index (χ2n) is 4.53. The SMILES string of the molecule is Cc1nc(-c2cncc3ccccc23)c(=O)[nH]c1C. The number of hydrogen-bond acceptors (Lipinski definition) is 3. The van der Waals surface area contributed by atoms with E-state index in [0.717, 1.165) is 27.7 Å². The van der Waals surface area contributed by atoms with Crippen LogP contribution in [0.1, 0.15) is 11.4 Å². The summed E-state index contributed by atoms with van der Waals surface area (Å²) in [6.07, 6.45) is 3.47. The Kier molecular flexibility index (Phi) is 2.63. The highest BCUT2D eigenvalue weighted by Crippen LogP contribution is 2.24. The number of nitrogens with one attached hydrogen (secondary N) is 1. The lowest BCUT2D eigenvalue weighted by molar-refractivity contribution is 1.02. The zero-order chi connectivity index (χ0) is 13.4. The quantitative estimate of drug-likeness (QED) is 0.723. The van der Waals surface area contributed by atoms with E-state index in [9.17, 15) is 4.79 Å². The van der Waals surface area contributed by atoms with Crippen LogP contribution in [0.15, 0.2) is 41.5 Å². The van der Waals surface area contributed by atoms with Gasteiger partial charge in [0.25, 0.3) is 5.56 Å². The Morgan fingerprint density at radius 2 is 1.89 bits per heavy atom. The van der Waals surface area contributed by atoms with Gasteiger partial charge >= 0.3 is 0 Å². The molecule has 1 N–H and O–H groups in total. The molecule has 4 nitrogen and oxygen atoms in total. The van der Waals surface area contributed by atoms with Crippen molar-refractivity contribution in [3.05, 3.63) is 58.4 Å². The van der Waals surface area contributed by atoms with Crippen molar-refractivity contribution in [1.29, 1.82) is 0 Å². The summed E-state index contributed by atoms with van der Waals surface area (Å²) in [7, 11) is 0. The highest BCUT2D eigenvalue weighted by Gasteiger charge is 2.11. The fraction of sp³-hybridized carbons (Fsp3) is 0.133. The van der Waals surface area contributed by atoms with Crippen molar-refractivity contribution >= 4 is 10.8 Å². The zero-order valence-corrected chi connectivity index (χ0v) is 10.8. The maximum atomic E-state index is 12.1. The number of nitrogens with zero attached hydrogens (tertiary/aromatic N) is 2. The van der Waals surface area contributed by atoms with Crippen molar-refractivity contribution in [2.45, 2.75) is 13.8 Å². The van der Waals surface area contributed by atoms with Gasteiger partial charge in [-0.25, -0.2) is 4.98 Å². The Labute approximate surface area is 110 Å². The van der Waals surface area contributed by atoms with E-state index >= 15 is 0 Å². The minimum atomic E-state index is -0.179. The van der Waals surface area contributed by atoms with Gasteiger partial charge in [-0.2, -0.15) is 0 Å². The molecule has 0 fully saturated rings. The topological polar surface area (TPSA) is 58.6 Å². The number of rotatable bonds is 1. The van der Waals surface area contributed by atoms with Gasteiger partial charge in [-0.05, 0) is 19.2 Å². The van der Waals surface area contributed by atoms with Crippen LogP contribution in [0.2, 0.25) is 0 Å². The van der Waals surface area contributed by atoms with Crippen molar-refractivity contribution in [3.8, 4) is 11.3 Å². The van der Waals surface area contributed by atoms with Gasteiger partial charge in [0.1, 0.15) is 5.69 Å². The number of aromatic nitrogens is 3. The molecule has 0 aliphatic carbocycles. The first-order valence-corrected chi connectivity index (χ1v) is 6.07. The van der Waals surface area contributed by atoms with Crippen LogP contribution in [-0.4, -0.2) is 15.0 Å². The average Bonchev–Trinajstić information content (AvgIpc) is 2.42. The molecule has 4 heteroatoms. The Balaban J connectivity index is 2.37. The first-order chi connectivity index (χ1) is 9.16. The van der Waals surface area contributed by atoms with Crippen molar-refractivity contribution in [2.24, 2.45) is 0 Å². The molecule has 0 spiro atoms. The van der Waals surface area contributed by atoms with Crippen LogP contribution in [0.3, 0.4) is 0 Å². The second-order valence-corrected chi connectivity index (χ2v) is 4.53. The Hall–Kier alpha value is -2.49. The van der Waals surface area contributed by atoms with Gasteiger partial charge in [0.05, 0.1) is 5.69 Å². The number of fused-ring (bicyclic) bond motifs is 1. The van der Waals surface area contributed by atoms with Gasteiger partial charge < -0.3 is 4.98 Å². The second kappa shape index (κ2) is 4.31. The predicted molar refractivity (Wildman–Crippen MR) is 75.1 cm³/mol. The van der Waals surface area contributed by atoms with Crippen LogP contribution in [-0.2, 0) is 0 Å². The highest BCUT2D eigenvalue weighted by molar-refractivity contribution is 5.94. The van der Waals surface area contributed by atoms with Crippen LogP contribution >= 0.6 is 0 Å². The van der Waals surface area contributed by atoms with Gasteiger partial charge in [-0.15, -0.1) is 0 Å². The molecule has 3 rings (SSSR count). The summed E-state index contributed by atoms with van der Waals surface area (Å²) >= 11 is 0. The van der Waals surface area contributed by atoms with Crippen LogP contribution < -0.4 is 5.56 Å². The first kappa shape index (κ1) is 11.6. The maximum Gasteiger partial charge on any atom is 0.274 e. The van der Waals surface area contributed by atoms with E-state index in [1.54, 1.807) is 12.4 Å². The molecule has 0 aliphatic rings. The van der Waals surface area contributed by atoms with Gasteiger partial charge in [-0.3, -0.25) is 9.78 Å². The van der Waals surface area contributed by atoms with Gasteiger partial charge in [0.15, 0.2) is 0 Å². The lowest BCUT2D eigenvalue weighted by Crippen LogP contribution is -2.14. The Bertz CT molecular complexity index is 816. The van der Waals surface area contributed by atoms with Crippen LogP contribution in [0, 0.1) is 13.8 Å². The largest absolute Gasteiger partial charge is 0.323 e. The van der Waals surface area contributed by atoms with Crippen molar-refractivity contribution in [2.75, 3.05) is 0 Å². The molecule has 0 atom stereocenters. The number of benzene rings is 1. The van der Waals surface area contributed by atoms with E-state index in [-0.39, 0.29) is 5.56 Å². The lowest BCUT2D eigenvalue weighted by Gasteiger charge is -2.06. The summed E-state index contributed by atoms with van der Waals surface area (Å²) in [5.74, 6) is 0. The zero-order valence-electron chi connectivity index (χ0n) is 10.8. The standard InChI is InChI=1S/C15H13N3O/c1-9-10(2)18-15(19)14(17-9)13-8-16-7-11-5-3-4-6-12(11)13/h3-8H,1-2H3,(H,18,19). The van der Waals surface area contributed by atoms with Crippen LogP contribution in [0.25, 0.3) is 22.0 Å². The summed E-state index contributed by atoms with van der Waals surface area (Å²) in [5.41, 5.74) is 2.63. The van der Waals surface area contributed by atoms with Crippen molar-refractivity contribution in [1.82, 2.24) is 15.0 Å². The van der Waals surface area contributed by atoms with Gasteiger partial charge in [0, 0.05) is 29.0 Å². The number of H-pyrrole nitrogens is 1. The normalized spacial score (nSPS) is 10.8. The third kappa shape index (κ3) is 1.91. The third-order valence-corrected chi connectivity index (χ3v) is 3.26. The number of aryl methyl sites for hydroxylation is 2. The maximum absolute atomic E-state index is 12.1. The smallest absolute Gasteiger partial charge is 0.274 e. The summed E-state index contributed by atoms with van der Waals surface area (Å²) in [6, 6.07) is 7.84. The monoisotopic (exact) mass is 251 g/mol. The number of pyridine rings is 1. The van der Waals surface area contributed by atoms with E-state index < -0.39 is 0 Å². The molecule has 2 heterocycles. The highest BCUT2D eigenvalue weighted by atomic mass is 16.1. The average molecular weight is 251 g/mol. The van der Waals surface area contributed by atoms with E-state index in [1.165, 1.54) is 0 Å². The predicted octanol–water partition coefficient (Wildman–Crippen LogP) is 2.60. The van der Waals surface area contributed by atoms with Crippen molar-refractivity contribution < 1.29 is 0 Å². The molecule has 1 aromatic carbocycles. The van der Waals surface area contributed by atoms with E-state index in [2.05, 4.69) is 15.0 Å². The molecule has 19 heavy (non-hydrogen) atoms. The molecule has 0 saturated heterocycles. The summed E-state index contributed by atoms with van der Waals surface area (Å²) in [4.78, 5) is 23.5. The lowest BCUT2D eigenvalue weighted by atomic mass is 10.1. The molecule has 0 radical (unpaired) electrons. The number of hydrogen-bond donors (Lipinski definition) is 1. The third-order valence-electron chi connectivity index (χ3n) is 3.26. The van der Waals surface area contributed by atoms with Crippen LogP contribution in [0.4, 0.5) is 0 Å². The minimum absolute atomic E-state index is 0.179. The van der Waals surface area contributed by atoms with Gasteiger partial charge in [0.2, 0.25) is 0 Å². The minimum Gasteiger partial charge on any atom is -0.323 e. The molecule has 0 aliphatic heterocycles. The molecule has 3 aromatic rings. The molecule has 94 valence electrons. The summed E-state index contributed by atoms with van der Waals surface area (Å²) in [5, 5.41) is 1.98. The Morgan fingerprint density at radius 3 is 2.74 bits per heavy atom. The summed E-state index contributed by atoms with van der Waals surface area (Å²) in [6.45, 7) is 3.72. The van der Waals surface area contributed by atoms with Crippen molar-refractivity contribution in [3.63, 3.8) is 0 Å². The van der Waals surface area contributed by atoms with E-state index in [0.29, 0.717) is 5.69 Å². The molecule has 0 amide bonds. The fourth-order valence-corrected chi connectivity index (χ4v) is 2.11. The van der Waals surface area contributed by atoms with E-state index in [4.69, 9.17) is 0 Å². The molecular weight excluding hydrogens is 238 g/mol. The van der Waals surface area contributed by atoms with Crippen LogP contribution in [0.5, 0.6) is 0 Å². The molecular formula is C15H13N3O.